The normalized spacial score (nSPS) is 11.8. The van der Waals surface area contributed by atoms with E-state index < -0.39 is 12.8 Å². The summed E-state index contributed by atoms with van der Waals surface area (Å²) in [6, 6.07) is 0.206. The number of halogens is 3. The van der Waals surface area contributed by atoms with E-state index in [0.717, 1.165) is 0 Å². The molecular formula is C9H14F3N3O3. The van der Waals surface area contributed by atoms with E-state index >= 15 is 0 Å². The molecule has 0 aliphatic rings. The maximum Gasteiger partial charge on any atom is 0.411 e. The average molecular weight is 269 g/mol. The summed E-state index contributed by atoms with van der Waals surface area (Å²) >= 11 is 0. The monoisotopic (exact) mass is 269 g/mol. The van der Waals surface area contributed by atoms with Gasteiger partial charge in [0.25, 0.3) is 0 Å². The number of aromatic nitrogens is 2. The number of nitrogens with zero attached hydrogens (tertiary/aromatic N) is 2. The topological polar surface area (TPSA) is 69.4 Å². The number of hydrogen-bond acceptors (Lipinski definition) is 6. The molecule has 9 heteroatoms. The molecule has 0 saturated heterocycles. The Labute approximate surface area is 101 Å². The van der Waals surface area contributed by atoms with Crippen molar-refractivity contribution in [2.75, 3.05) is 38.8 Å². The first-order chi connectivity index (χ1) is 8.51. The first-order valence-corrected chi connectivity index (χ1v) is 5.21. The molecule has 104 valence electrons. The Kier molecular flexibility index (Phi) is 5.86. The maximum atomic E-state index is 11.8. The highest BCUT2D eigenvalue weighted by molar-refractivity contribution is 5.17. The second kappa shape index (κ2) is 7.17. The van der Waals surface area contributed by atoms with Crippen LogP contribution in [0.4, 0.5) is 19.2 Å². The van der Waals surface area contributed by atoms with E-state index in [-0.39, 0.29) is 24.9 Å². The van der Waals surface area contributed by atoms with Gasteiger partial charge in [-0.1, -0.05) is 5.16 Å². The number of rotatable bonds is 8. The van der Waals surface area contributed by atoms with E-state index in [2.05, 4.69) is 20.2 Å². The van der Waals surface area contributed by atoms with Crippen LogP contribution >= 0.6 is 0 Å². The van der Waals surface area contributed by atoms with Crippen LogP contribution in [0.25, 0.3) is 0 Å². The molecule has 0 atom stereocenters. The van der Waals surface area contributed by atoms with Gasteiger partial charge >= 0.3 is 12.2 Å². The van der Waals surface area contributed by atoms with Crippen LogP contribution in [0.2, 0.25) is 0 Å². The lowest BCUT2D eigenvalue weighted by atomic mass is 10.4. The summed E-state index contributed by atoms with van der Waals surface area (Å²) in [4.78, 5) is 3.91. The van der Waals surface area contributed by atoms with Crippen molar-refractivity contribution in [2.24, 2.45) is 0 Å². The van der Waals surface area contributed by atoms with Crippen molar-refractivity contribution in [1.29, 1.82) is 0 Å². The molecule has 0 bridgehead atoms. The van der Waals surface area contributed by atoms with Crippen LogP contribution in [0, 0.1) is 0 Å². The lowest BCUT2D eigenvalue weighted by molar-refractivity contribution is -0.173. The van der Waals surface area contributed by atoms with Crippen LogP contribution < -0.4 is 5.32 Å². The molecule has 0 saturated carbocycles. The molecule has 0 fully saturated rings. The van der Waals surface area contributed by atoms with Gasteiger partial charge in [-0.3, -0.25) is 0 Å². The van der Waals surface area contributed by atoms with Gasteiger partial charge in [0.05, 0.1) is 13.2 Å². The minimum absolute atomic E-state index is 0.115. The lowest BCUT2D eigenvalue weighted by Crippen LogP contribution is -2.18. The van der Waals surface area contributed by atoms with Gasteiger partial charge in [-0.05, 0) is 0 Å². The zero-order valence-electron chi connectivity index (χ0n) is 9.79. The van der Waals surface area contributed by atoms with Gasteiger partial charge < -0.3 is 19.3 Å². The predicted octanol–water partition coefficient (Wildman–Crippen LogP) is 1.25. The van der Waals surface area contributed by atoms with Crippen molar-refractivity contribution in [2.45, 2.75) is 12.6 Å². The molecule has 18 heavy (non-hydrogen) atoms. The van der Waals surface area contributed by atoms with Crippen LogP contribution in [0.15, 0.2) is 4.52 Å². The summed E-state index contributed by atoms with van der Waals surface area (Å²) < 4.78 is 49.3. The fraction of sp³-hybridized carbons (Fsp3) is 0.778. The molecule has 0 spiro atoms. The molecule has 1 aromatic rings. The molecular weight excluding hydrogens is 255 g/mol. The van der Waals surface area contributed by atoms with Crippen LogP contribution in [-0.2, 0) is 15.9 Å². The van der Waals surface area contributed by atoms with Crippen molar-refractivity contribution in [1.82, 2.24) is 10.1 Å². The molecule has 6 nitrogen and oxygen atoms in total. The molecule has 1 aromatic heterocycles. The summed E-state index contributed by atoms with van der Waals surface area (Å²) in [5, 5.41) is 6.37. The molecule has 0 aromatic carbocycles. The van der Waals surface area contributed by atoms with Gasteiger partial charge in [-0.15, -0.1) is 0 Å². The Bertz CT molecular complexity index is 343. The largest absolute Gasteiger partial charge is 0.411 e. The highest BCUT2D eigenvalue weighted by Gasteiger charge is 2.27. The third kappa shape index (κ3) is 6.40. The van der Waals surface area contributed by atoms with Gasteiger partial charge in [0.15, 0.2) is 5.82 Å². The summed E-state index contributed by atoms with van der Waals surface area (Å²) in [6.07, 6.45) is -4.16. The highest BCUT2D eigenvalue weighted by atomic mass is 19.4. The minimum Gasteiger partial charge on any atom is -0.383 e. The summed E-state index contributed by atoms with van der Waals surface area (Å²) in [5.74, 6) is 0.289. The van der Waals surface area contributed by atoms with E-state index in [9.17, 15) is 13.2 Å². The molecule has 0 amide bonds. The van der Waals surface area contributed by atoms with Crippen molar-refractivity contribution in [3.63, 3.8) is 0 Å². The molecule has 0 aliphatic carbocycles. The highest BCUT2D eigenvalue weighted by Crippen LogP contribution is 2.14. The number of ether oxygens (including phenoxy) is 2. The standard InChI is InChI=1S/C9H14F3N3O3/c1-16-5-3-13-8-14-7(15-18-8)2-4-17-6-9(10,11)12/h2-6H2,1H3,(H,13,14,15). The van der Waals surface area contributed by atoms with E-state index in [1.807, 2.05) is 0 Å². The Morgan fingerprint density at radius 1 is 1.33 bits per heavy atom. The molecule has 0 radical (unpaired) electrons. The van der Waals surface area contributed by atoms with Crippen molar-refractivity contribution >= 4 is 6.01 Å². The Balaban J connectivity index is 2.19. The SMILES string of the molecule is COCCNc1nc(CCOCC(F)(F)F)no1. The first-order valence-electron chi connectivity index (χ1n) is 5.21. The van der Waals surface area contributed by atoms with Crippen LogP contribution in [0.3, 0.4) is 0 Å². The fourth-order valence-corrected chi connectivity index (χ4v) is 1.04. The summed E-state index contributed by atoms with van der Waals surface area (Å²) in [7, 11) is 1.55. The first kappa shape index (κ1) is 14.7. The van der Waals surface area contributed by atoms with Crippen LogP contribution in [-0.4, -0.2) is 49.8 Å². The third-order valence-electron chi connectivity index (χ3n) is 1.79. The zero-order chi connectivity index (χ0) is 13.4. The minimum atomic E-state index is -4.32. The van der Waals surface area contributed by atoms with E-state index in [0.29, 0.717) is 13.2 Å². The average Bonchev–Trinajstić information content (AvgIpc) is 2.72. The van der Waals surface area contributed by atoms with Gasteiger partial charge in [0.2, 0.25) is 0 Å². The van der Waals surface area contributed by atoms with Crippen molar-refractivity contribution in [3.8, 4) is 0 Å². The van der Waals surface area contributed by atoms with E-state index in [4.69, 9.17) is 9.26 Å². The molecule has 1 heterocycles. The number of hydrogen-bond donors (Lipinski definition) is 1. The second-order valence-corrected chi connectivity index (χ2v) is 3.35. The summed E-state index contributed by atoms with van der Waals surface area (Å²) in [5.41, 5.74) is 0. The van der Waals surface area contributed by atoms with E-state index in [1.165, 1.54) is 0 Å². The molecule has 1 N–H and O–H groups in total. The predicted molar refractivity (Wildman–Crippen MR) is 55.2 cm³/mol. The number of nitrogens with one attached hydrogen (secondary N) is 1. The van der Waals surface area contributed by atoms with Crippen molar-refractivity contribution in [3.05, 3.63) is 5.82 Å². The molecule has 0 aliphatic heterocycles. The van der Waals surface area contributed by atoms with Gasteiger partial charge in [0.1, 0.15) is 6.61 Å². The maximum absolute atomic E-state index is 11.8. The Morgan fingerprint density at radius 2 is 2.11 bits per heavy atom. The lowest BCUT2D eigenvalue weighted by Gasteiger charge is -2.05. The molecule has 1 rings (SSSR count). The van der Waals surface area contributed by atoms with Gasteiger partial charge in [-0.25, -0.2) is 0 Å². The Morgan fingerprint density at radius 3 is 2.78 bits per heavy atom. The smallest absolute Gasteiger partial charge is 0.383 e. The number of alkyl halides is 3. The third-order valence-corrected chi connectivity index (χ3v) is 1.79. The number of anilines is 1. The summed E-state index contributed by atoms with van der Waals surface area (Å²) in [6.45, 7) is -0.407. The second-order valence-electron chi connectivity index (χ2n) is 3.35. The van der Waals surface area contributed by atoms with E-state index in [1.54, 1.807) is 7.11 Å². The number of methoxy groups -OCH3 is 1. The Hall–Kier alpha value is -1.35. The molecule has 0 unspecified atom stereocenters. The zero-order valence-corrected chi connectivity index (χ0v) is 9.79. The van der Waals surface area contributed by atoms with Gasteiger partial charge in [-0.2, -0.15) is 18.2 Å². The van der Waals surface area contributed by atoms with Crippen LogP contribution in [0.1, 0.15) is 5.82 Å². The quantitative estimate of drug-likeness (QED) is 0.716. The fourth-order valence-electron chi connectivity index (χ4n) is 1.04. The van der Waals surface area contributed by atoms with Crippen molar-refractivity contribution < 1.29 is 27.2 Å². The van der Waals surface area contributed by atoms with Crippen LogP contribution in [0.5, 0.6) is 0 Å². The van der Waals surface area contributed by atoms with Gasteiger partial charge in [0, 0.05) is 20.1 Å².